The number of ether oxygens (including phenoxy) is 1. The van der Waals surface area contributed by atoms with Gasteiger partial charge in [0.1, 0.15) is 5.60 Å². The molecule has 0 aliphatic rings. The molecule has 0 unspecified atom stereocenters. The van der Waals surface area contributed by atoms with Crippen LogP contribution in [0.3, 0.4) is 0 Å². The predicted octanol–water partition coefficient (Wildman–Crippen LogP) is 6.12. The predicted molar refractivity (Wildman–Crippen MR) is 91.9 cm³/mol. The fourth-order valence-electron chi connectivity index (χ4n) is 1.80. The van der Waals surface area contributed by atoms with Gasteiger partial charge in [-0.15, -0.1) is 0 Å². The van der Waals surface area contributed by atoms with Gasteiger partial charge in [-0.3, -0.25) is 4.57 Å². The van der Waals surface area contributed by atoms with Crippen LogP contribution in [0.2, 0.25) is 5.02 Å². The maximum absolute atomic E-state index is 12.3. The van der Waals surface area contributed by atoms with Gasteiger partial charge in [0.2, 0.25) is 0 Å². The number of hydrogen-bond acceptors (Lipinski definition) is 2. The van der Waals surface area contributed by atoms with E-state index in [4.69, 9.17) is 16.3 Å². The second-order valence-corrected chi connectivity index (χ2v) is 7.76. The summed E-state index contributed by atoms with van der Waals surface area (Å²) in [6.07, 6.45) is 1.23. The van der Waals surface area contributed by atoms with Crippen molar-refractivity contribution in [2.24, 2.45) is 0 Å². The standard InChI is InChI=1S/C15H14Br2ClNO2/c1-15(2,3)21-14(20)19-8-10(17)7-13(19)11-5-4-9(16)6-12(11)18/h4-8H,1-3H3. The smallest absolute Gasteiger partial charge is 0.419 e. The number of rotatable bonds is 1. The van der Waals surface area contributed by atoms with E-state index in [9.17, 15) is 4.79 Å². The summed E-state index contributed by atoms with van der Waals surface area (Å²) in [7, 11) is 0. The zero-order chi connectivity index (χ0) is 15.8. The van der Waals surface area contributed by atoms with E-state index in [0.717, 1.165) is 14.5 Å². The molecule has 1 aromatic heterocycles. The van der Waals surface area contributed by atoms with E-state index < -0.39 is 11.7 Å². The minimum absolute atomic E-state index is 0.442. The molecular formula is C15H14Br2ClNO2. The highest BCUT2D eigenvalue weighted by molar-refractivity contribution is 9.10. The van der Waals surface area contributed by atoms with Gasteiger partial charge >= 0.3 is 6.09 Å². The third-order valence-corrected chi connectivity index (χ3v) is 3.82. The molecule has 21 heavy (non-hydrogen) atoms. The van der Waals surface area contributed by atoms with E-state index in [2.05, 4.69) is 31.9 Å². The van der Waals surface area contributed by atoms with Crippen molar-refractivity contribution in [2.75, 3.05) is 0 Å². The Labute approximate surface area is 145 Å². The Morgan fingerprint density at radius 1 is 1.19 bits per heavy atom. The van der Waals surface area contributed by atoms with Crippen molar-refractivity contribution >= 4 is 49.6 Å². The first kappa shape index (κ1) is 16.6. The number of benzene rings is 1. The van der Waals surface area contributed by atoms with Crippen LogP contribution in [-0.4, -0.2) is 16.3 Å². The molecule has 0 bridgehead atoms. The first-order valence-electron chi connectivity index (χ1n) is 6.24. The summed E-state index contributed by atoms with van der Waals surface area (Å²) in [6.45, 7) is 5.49. The number of carbonyl (C=O) groups is 1. The molecule has 0 N–H and O–H groups in total. The highest BCUT2D eigenvalue weighted by atomic mass is 79.9. The summed E-state index contributed by atoms with van der Waals surface area (Å²) in [4.78, 5) is 12.3. The Morgan fingerprint density at radius 2 is 1.86 bits per heavy atom. The lowest BCUT2D eigenvalue weighted by atomic mass is 10.1. The minimum atomic E-state index is -0.561. The molecular weight excluding hydrogens is 421 g/mol. The molecule has 0 aliphatic carbocycles. The SMILES string of the molecule is CC(C)(C)OC(=O)n1cc(Br)cc1-c1ccc(Br)cc1Cl. The third kappa shape index (κ3) is 4.11. The van der Waals surface area contributed by atoms with Gasteiger partial charge in [-0.25, -0.2) is 4.79 Å². The number of hydrogen-bond donors (Lipinski definition) is 0. The van der Waals surface area contributed by atoms with Gasteiger partial charge in [-0.1, -0.05) is 33.6 Å². The van der Waals surface area contributed by atoms with Crippen molar-refractivity contribution in [2.45, 2.75) is 26.4 Å². The molecule has 0 radical (unpaired) electrons. The molecule has 0 aliphatic heterocycles. The van der Waals surface area contributed by atoms with Crippen LogP contribution < -0.4 is 0 Å². The lowest BCUT2D eigenvalue weighted by molar-refractivity contribution is 0.0540. The lowest BCUT2D eigenvalue weighted by Crippen LogP contribution is -2.27. The maximum atomic E-state index is 12.3. The first-order chi connectivity index (χ1) is 9.67. The summed E-state index contributed by atoms with van der Waals surface area (Å²) >= 11 is 13.0. The Bertz CT molecular complexity index is 689. The lowest BCUT2D eigenvalue weighted by Gasteiger charge is -2.20. The molecule has 1 heterocycles. The molecule has 1 aromatic carbocycles. The van der Waals surface area contributed by atoms with E-state index in [1.807, 2.05) is 39.0 Å². The Kier molecular flexibility index (Phi) is 4.85. The van der Waals surface area contributed by atoms with Gasteiger partial charge < -0.3 is 4.74 Å². The van der Waals surface area contributed by atoms with E-state index in [-0.39, 0.29) is 0 Å². The van der Waals surface area contributed by atoms with Crippen LogP contribution in [0.15, 0.2) is 39.4 Å². The molecule has 2 aromatic rings. The first-order valence-corrected chi connectivity index (χ1v) is 8.20. The van der Waals surface area contributed by atoms with E-state index in [0.29, 0.717) is 10.7 Å². The number of carbonyl (C=O) groups excluding carboxylic acids is 1. The summed E-state index contributed by atoms with van der Waals surface area (Å²) in [6, 6.07) is 7.35. The molecule has 0 saturated carbocycles. The summed E-state index contributed by atoms with van der Waals surface area (Å²) in [5, 5.41) is 0.555. The van der Waals surface area contributed by atoms with Crippen LogP contribution in [0.1, 0.15) is 20.8 Å². The molecule has 0 spiro atoms. The molecule has 2 rings (SSSR count). The van der Waals surface area contributed by atoms with Gasteiger partial charge in [0.25, 0.3) is 0 Å². The monoisotopic (exact) mass is 433 g/mol. The highest BCUT2D eigenvalue weighted by Gasteiger charge is 2.21. The average molecular weight is 436 g/mol. The normalized spacial score (nSPS) is 11.5. The Hall–Kier alpha value is -0.780. The van der Waals surface area contributed by atoms with Gasteiger partial charge in [-0.05, 0) is 54.9 Å². The molecule has 0 amide bonds. The van der Waals surface area contributed by atoms with Gasteiger partial charge in [0.15, 0.2) is 0 Å². The van der Waals surface area contributed by atoms with Crippen LogP contribution in [0.25, 0.3) is 11.3 Å². The zero-order valence-corrected chi connectivity index (χ0v) is 15.7. The number of nitrogens with zero attached hydrogens (tertiary/aromatic N) is 1. The summed E-state index contributed by atoms with van der Waals surface area (Å²) in [5.74, 6) is 0. The molecule has 3 nitrogen and oxygen atoms in total. The van der Waals surface area contributed by atoms with Gasteiger partial charge in [0.05, 0.1) is 10.7 Å². The average Bonchev–Trinajstić information content (AvgIpc) is 2.69. The summed E-state index contributed by atoms with van der Waals surface area (Å²) < 4.78 is 8.52. The van der Waals surface area contributed by atoms with Crippen LogP contribution in [0.4, 0.5) is 4.79 Å². The molecule has 112 valence electrons. The van der Waals surface area contributed by atoms with Crippen LogP contribution in [0, 0.1) is 0 Å². The van der Waals surface area contributed by atoms with Crippen molar-refractivity contribution in [3.63, 3.8) is 0 Å². The van der Waals surface area contributed by atoms with Crippen molar-refractivity contribution in [3.8, 4) is 11.3 Å². The number of aromatic nitrogens is 1. The minimum Gasteiger partial charge on any atom is -0.443 e. The van der Waals surface area contributed by atoms with Gasteiger partial charge in [0, 0.05) is 20.7 Å². The fraction of sp³-hybridized carbons (Fsp3) is 0.267. The molecule has 6 heteroatoms. The van der Waals surface area contributed by atoms with E-state index in [1.54, 1.807) is 12.3 Å². The van der Waals surface area contributed by atoms with E-state index >= 15 is 0 Å². The maximum Gasteiger partial charge on any atom is 0.419 e. The van der Waals surface area contributed by atoms with Crippen molar-refractivity contribution < 1.29 is 9.53 Å². The summed E-state index contributed by atoms with van der Waals surface area (Å²) in [5.41, 5.74) is 0.874. The van der Waals surface area contributed by atoms with Crippen LogP contribution in [0.5, 0.6) is 0 Å². The van der Waals surface area contributed by atoms with E-state index in [1.165, 1.54) is 4.57 Å². The molecule has 0 fully saturated rings. The highest BCUT2D eigenvalue weighted by Crippen LogP contribution is 2.33. The van der Waals surface area contributed by atoms with Crippen LogP contribution in [-0.2, 0) is 4.74 Å². The molecule has 0 saturated heterocycles. The largest absolute Gasteiger partial charge is 0.443 e. The zero-order valence-electron chi connectivity index (χ0n) is 11.8. The second-order valence-electron chi connectivity index (χ2n) is 5.52. The second kappa shape index (κ2) is 6.15. The van der Waals surface area contributed by atoms with Crippen LogP contribution >= 0.6 is 43.5 Å². The Balaban J connectivity index is 2.48. The van der Waals surface area contributed by atoms with Crippen molar-refractivity contribution in [1.29, 1.82) is 0 Å². The third-order valence-electron chi connectivity index (χ3n) is 2.58. The van der Waals surface area contributed by atoms with Crippen molar-refractivity contribution in [1.82, 2.24) is 4.57 Å². The Morgan fingerprint density at radius 3 is 2.43 bits per heavy atom. The topological polar surface area (TPSA) is 31.2 Å². The quantitative estimate of drug-likeness (QED) is 0.541. The fourth-order valence-corrected chi connectivity index (χ4v) is 2.99. The van der Waals surface area contributed by atoms with Gasteiger partial charge in [-0.2, -0.15) is 0 Å². The van der Waals surface area contributed by atoms with Crippen molar-refractivity contribution in [3.05, 3.63) is 44.4 Å². The molecule has 0 atom stereocenters. The number of halogens is 3.